The van der Waals surface area contributed by atoms with Crippen LogP contribution < -0.4 is 10.5 Å². The fourth-order valence-electron chi connectivity index (χ4n) is 1.66. The van der Waals surface area contributed by atoms with Crippen molar-refractivity contribution in [3.8, 4) is 0 Å². The molecule has 8 heteroatoms. The van der Waals surface area contributed by atoms with Gasteiger partial charge in [0.1, 0.15) is 16.6 Å². The van der Waals surface area contributed by atoms with E-state index in [0.29, 0.717) is 5.69 Å². The van der Waals surface area contributed by atoms with Crippen LogP contribution in [0.4, 0.5) is 10.2 Å². The normalized spacial score (nSPS) is 11.1. The number of hydrogen-bond acceptors (Lipinski definition) is 4. The van der Waals surface area contributed by atoms with E-state index in [4.69, 9.17) is 5.73 Å². The van der Waals surface area contributed by atoms with Crippen LogP contribution in [0.15, 0.2) is 41.3 Å². The van der Waals surface area contributed by atoms with Gasteiger partial charge >= 0.3 is 0 Å². The van der Waals surface area contributed by atoms with Crippen LogP contribution in [0.3, 0.4) is 0 Å². The van der Waals surface area contributed by atoms with Crippen LogP contribution >= 0.6 is 12.2 Å². The Morgan fingerprint density at radius 1 is 1.33 bits per heavy atom. The number of nitrogens with two attached hydrogens (primary N) is 1. The molecule has 0 spiro atoms. The first-order valence-electron chi connectivity index (χ1n) is 5.85. The molecule has 0 aliphatic carbocycles. The average Bonchev–Trinajstić information content (AvgIpc) is 2.38. The Hall–Kier alpha value is -2.06. The maximum Gasteiger partial charge on any atom is 0.263 e. The molecular formula is C13H12FN3O2S2. The van der Waals surface area contributed by atoms with Crippen molar-refractivity contribution in [2.75, 3.05) is 4.72 Å². The molecule has 110 valence electrons. The van der Waals surface area contributed by atoms with Gasteiger partial charge in [-0.1, -0.05) is 18.3 Å². The summed E-state index contributed by atoms with van der Waals surface area (Å²) < 4.78 is 40.3. The molecule has 0 aliphatic rings. The van der Waals surface area contributed by atoms with Gasteiger partial charge < -0.3 is 5.73 Å². The molecule has 21 heavy (non-hydrogen) atoms. The fourth-order valence-corrected chi connectivity index (χ4v) is 2.84. The summed E-state index contributed by atoms with van der Waals surface area (Å²) in [5.74, 6) is -0.494. The molecule has 0 bridgehead atoms. The summed E-state index contributed by atoms with van der Waals surface area (Å²) in [6, 6.07) is 8.16. The minimum Gasteiger partial charge on any atom is -0.389 e. The highest BCUT2D eigenvalue weighted by molar-refractivity contribution is 7.92. The van der Waals surface area contributed by atoms with Crippen molar-refractivity contribution in [2.45, 2.75) is 11.8 Å². The molecule has 5 nitrogen and oxygen atoms in total. The lowest BCUT2D eigenvalue weighted by Gasteiger charge is -2.09. The molecule has 0 aliphatic heterocycles. The Morgan fingerprint density at radius 2 is 2.05 bits per heavy atom. The summed E-state index contributed by atoms with van der Waals surface area (Å²) in [5.41, 5.74) is 5.91. The van der Waals surface area contributed by atoms with Crippen LogP contribution in [0.1, 0.15) is 11.3 Å². The minimum absolute atomic E-state index is 0.120. The van der Waals surface area contributed by atoms with Gasteiger partial charge in [0, 0.05) is 11.3 Å². The summed E-state index contributed by atoms with van der Waals surface area (Å²) in [4.78, 5) is 3.69. The van der Waals surface area contributed by atoms with E-state index in [-0.39, 0.29) is 21.3 Å². The number of thiocarbonyl (C=S) groups is 1. The smallest absolute Gasteiger partial charge is 0.263 e. The summed E-state index contributed by atoms with van der Waals surface area (Å²) in [5, 5.41) is 0. The first-order chi connectivity index (χ1) is 9.79. The number of rotatable bonds is 4. The highest BCUT2D eigenvalue weighted by Gasteiger charge is 2.18. The number of anilines is 1. The van der Waals surface area contributed by atoms with E-state index in [1.54, 1.807) is 19.1 Å². The van der Waals surface area contributed by atoms with Crippen LogP contribution in [-0.4, -0.2) is 18.4 Å². The number of benzene rings is 1. The second kappa shape index (κ2) is 5.74. The molecule has 0 saturated heterocycles. The summed E-state index contributed by atoms with van der Waals surface area (Å²) in [7, 11) is -3.90. The van der Waals surface area contributed by atoms with Gasteiger partial charge in [-0.25, -0.2) is 17.8 Å². The van der Waals surface area contributed by atoms with E-state index in [1.807, 2.05) is 0 Å². The molecule has 3 N–H and O–H groups in total. The predicted octanol–water partition coefficient (Wildman–Crippen LogP) is 1.96. The Balaban J connectivity index is 2.40. The molecule has 2 aromatic rings. The lowest BCUT2D eigenvalue weighted by atomic mass is 10.2. The average molecular weight is 325 g/mol. The largest absolute Gasteiger partial charge is 0.389 e. The lowest BCUT2D eigenvalue weighted by molar-refractivity contribution is 0.599. The number of aromatic nitrogens is 1. The third kappa shape index (κ3) is 3.53. The Morgan fingerprint density at radius 3 is 2.67 bits per heavy atom. The van der Waals surface area contributed by atoms with Crippen molar-refractivity contribution in [3.05, 3.63) is 53.5 Å². The molecule has 2 rings (SSSR count). The first kappa shape index (κ1) is 15.3. The van der Waals surface area contributed by atoms with E-state index in [2.05, 4.69) is 21.9 Å². The molecule has 0 radical (unpaired) electrons. The number of hydrogen-bond donors (Lipinski definition) is 2. The molecule has 1 aromatic heterocycles. The molecule has 0 saturated carbocycles. The number of halogens is 1. The van der Waals surface area contributed by atoms with Gasteiger partial charge in [0.15, 0.2) is 0 Å². The van der Waals surface area contributed by atoms with Crippen molar-refractivity contribution in [3.63, 3.8) is 0 Å². The van der Waals surface area contributed by atoms with Crippen LogP contribution in [-0.2, 0) is 10.0 Å². The zero-order valence-electron chi connectivity index (χ0n) is 11.0. The van der Waals surface area contributed by atoms with E-state index in [0.717, 1.165) is 18.2 Å². The maximum absolute atomic E-state index is 13.5. The fraction of sp³-hybridized carbons (Fsp3) is 0.0769. The van der Waals surface area contributed by atoms with Crippen molar-refractivity contribution in [1.82, 2.24) is 4.98 Å². The van der Waals surface area contributed by atoms with Gasteiger partial charge in [-0.3, -0.25) is 4.72 Å². The Kier molecular flexibility index (Phi) is 4.19. The molecule has 1 heterocycles. The van der Waals surface area contributed by atoms with Crippen LogP contribution in [0.5, 0.6) is 0 Å². The zero-order valence-corrected chi connectivity index (χ0v) is 12.6. The third-order valence-corrected chi connectivity index (χ3v) is 4.21. The van der Waals surface area contributed by atoms with Crippen molar-refractivity contribution in [2.24, 2.45) is 5.73 Å². The second-order valence-corrected chi connectivity index (χ2v) is 6.40. The molecule has 0 unspecified atom stereocenters. The Labute approximate surface area is 127 Å². The summed E-state index contributed by atoms with van der Waals surface area (Å²) in [6.07, 6.45) is 0. The van der Waals surface area contributed by atoms with Crippen LogP contribution in [0.2, 0.25) is 0 Å². The van der Waals surface area contributed by atoms with E-state index in [1.165, 1.54) is 6.07 Å². The molecular weight excluding hydrogens is 313 g/mol. The van der Waals surface area contributed by atoms with E-state index in [9.17, 15) is 12.8 Å². The van der Waals surface area contributed by atoms with Gasteiger partial charge in [0.25, 0.3) is 10.0 Å². The minimum atomic E-state index is -3.90. The first-order valence-corrected chi connectivity index (χ1v) is 7.74. The van der Waals surface area contributed by atoms with E-state index < -0.39 is 15.8 Å². The molecule has 0 amide bonds. The monoisotopic (exact) mass is 325 g/mol. The predicted molar refractivity (Wildman–Crippen MR) is 82.1 cm³/mol. The van der Waals surface area contributed by atoms with Crippen molar-refractivity contribution < 1.29 is 12.8 Å². The van der Waals surface area contributed by atoms with Gasteiger partial charge in [-0.05, 0) is 37.3 Å². The highest BCUT2D eigenvalue weighted by atomic mass is 32.2. The number of nitrogens with zero attached hydrogens (tertiary/aromatic N) is 1. The lowest BCUT2D eigenvalue weighted by Crippen LogP contribution is -2.17. The standard InChI is InChI=1S/C13H12FN3O2S2/c1-8-3-2-4-12(16-8)17-21(18,19)9-5-6-11(14)10(7-9)13(15)20/h2-7H,1H3,(H2,15,20)(H,16,17). The SMILES string of the molecule is Cc1cccc(NS(=O)(=O)c2ccc(F)c(C(N)=S)c2)n1. The molecule has 0 fully saturated rings. The summed E-state index contributed by atoms with van der Waals surface area (Å²) >= 11 is 4.69. The quantitative estimate of drug-likeness (QED) is 0.840. The highest BCUT2D eigenvalue weighted by Crippen LogP contribution is 2.18. The maximum atomic E-state index is 13.5. The van der Waals surface area contributed by atoms with E-state index >= 15 is 0 Å². The zero-order chi connectivity index (χ0) is 15.6. The number of nitrogens with one attached hydrogen (secondary N) is 1. The van der Waals surface area contributed by atoms with Gasteiger partial charge in [-0.15, -0.1) is 0 Å². The molecule has 0 atom stereocenters. The van der Waals surface area contributed by atoms with Crippen molar-refractivity contribution in [1.29, 1.82) is 0 Å². The topological polar surface area (TPSA) is 85.1 Å². The number of aryl methyl sites for hydroxylation is 1. The van der Waals surface area contributed by atoms with Gasteiger partial charge in [0.2, 0.25) is 0 Å². The van der Waals surface area contributed by atoms with Gasteiger partial charge in [-0.2, -0.15) is 0 Å². The van der Waals surface area contributed by atoms with Crippen molar-refractivity contribution >= 4 is 33.0 Å². The van der Waals surface area contributed by atoms with Crippen LogP contribution in [0, 0.1) is 12.7 Å². The Bertz CT molecular complexity index is 807. The molecule has 1 aromatic carbocycles. The van der Waals surface area contributed by atoms with Crippen LogP contribution in [0.25, 0.3) is 0 Å². The third-order valence-electron chi connectivity index (χ3n) is 2.64. The number of sulfonamides is 1. The summed E-state index contributed by atoms with van der Waals surface area (Å²) in [6.45, 7) is 1.74. The van der Waals surface area contributed by atoms with Gasteiger partial charge in [0.05, 0.1) is 4.90 Å². The second-order valence-electron chi connectivity index (χ2n) is 4.28. The number of pyridine rings is 1.